The third kappa shape index (κ3) is 1.47. The second-order valence-corrected chi connectivity index (χ2v) is 7.54. The Morgan fingerprint density at radius 1 is 1.22 bits per heavy atom. The molecule has 0 saturated heterocycles. The summed E-state index contributed by atoms with van der Waals surface area (Å²) in [6.07, 6.45) is 2.27. The van der Waals surface area contributed by atoms with Gasteiger partial charge in [-0.15, -0.1) is 0 Å². The van der Waals surface area contributed by atoms with Crippen molar-refractivity contribution < 1.29 is 15.3 Å². The molecule has 0 aromatic rings. The molecule has 0 radical (unpaired) electrons. The van der Waals surface area contributed by atoms with E-state index in [1.165, 1.54) is 0 Å². The van der Waals surface area contributed by atoms with Crippen molar-refractivity contribution in [1.29, 1.82) is 0 Å². The predicted molar refractivity (Wildman–Crippen MR) is 68.8 cm³/mol. The van der Waals surface area contributed by atoms with Crippen LogP contribution in [0.1, 0.15) is 40.0 Å². The van der Waals surface area contributed by atoms with Crippen molar-refractivity contribution in [3.8, 4) is 0 Å². The quantitative estimate of drug-likeness (QED) is 0.663. The highest BCUT2D eigenvalue weighted by Gasteiger charge is 2.69. The fourth-order valence-corrected chi connectivity index (χ4v) is 5.27. The fourth-order valence-electron chi connectivity index (χ4n) is 5.27. The molecule has 8 atom stereocenters. The summed E-state index contributed by atoms with van der Waals surface area (Å²) in [6, 6.07) is 0. The van der Waals surface area contributed by atoms with E-state index in [1.54, 1.807) is 0 Å². The molecule has 0 aromatic heterocycles. The van der Waals surface area contributed by atoms with E-state index in [-0.39, 0.29) is 30.0 Å². The summed E-state index contributed by atoms with van der Waals surface area (Å²) >= 11 is 0. The molecule has 3 saturated carbocycles. The van der Waals surface area contributed by atoms with Gasteiger partial charge in [0, 0.05) is 6.61 Å². The molecule has 3 fully saturated rings. The van der Waals surface area contributed by atoms with Gasteiger partial charge < -0.3 is 15.3 Å². The van der Waals surface area contributed by atoms with Gasteiger partial charge in [0.15, 0.2) is 0 Å². The van der Waals surface area contributed by atoms with Crippen LogP contribution in [-0.2, 0) is 0 Å². The number of hydrogen-bond donors (Lipinski definition) is 3. The molecule has 0 aliphatic heterocycles. The monoisotopic (exact) mass is 254 g/mol. The van der Waals surface area contributed by atoms with Crippen molar-refractivity contribution in [2.45, 2.75) is 51.7 Å². The third-order valence-electron chi connectivity index (χ3n) is 6.62. The zero-order chi connectivity index (χ0) is 13.3. The first kappa shape index (κ1) is 12.9. The Hall–Kier alpha value is -0.120. The Labute approximate surface area is 109 Å². The minimum absolute atomic E-state index is 0.0394. The summed E-state index contributed by atoms with van der Waals surface area (Å²) < 4.78 is 0. The maximum absolute atomic E-state index is 10.7. The summed E-state index contributed by atoms with van der Waals surface area (Å²) in [5.41, 5.74) is -0.599. The van der Waals surface area contributed by atoms with Gasteiger partial charge >= 0.3 is 0 Å². The molecule has 0 amide bonds. The number of hydrogen-bond acceptors (Lipinski definition) is 3. The van der Waals surface area contributed by atoms with E-state index in [0.717, 1.165) is 19.3 Å². The van der Waals surface area contributed by atoms with E-state index in [0.29, 0.717) is 17.8 Å². The lowest BCUT2D eigenvalue weighted by molar-refractivity contribution is -0.0333. The summed E-state index contributed by atoms with van der Waals surface area (Å²) in [5, 5.41) is 30.5. The molecule has 3 aliphatic rings. The van der Waals surface area contributed by atoms with E-state index in [2.05, 4.69) is 13.8 Å². The normalized spacial score (nSPS) is 63.0. The van der Waals surface area contributed by atoms with Crippen molar-refractivity contribution in [2.24, 2.45) is 35.0 Å². The van der Waals surface area contributed by atoms with Gasteiger partial charge in [-0.05, 0) is 61.2 Å². The zero-order valence-electron chi connectivity index (χ0n) is 11.6. The van der Waals surface area contributed by atoms with E-state index < -0.39 is 5.60 Å². The van der Waals surface area contributed by atoms with E-state index >= 15 is 0 Å². The van der Waals surface area contributed by atoms with Crippen molar-refractivity contribution >= 4 is 0 Å². The standard InChI is InChI=1S/C15H26O3/c1-8-11(17)6-10-12(8)13-9(14(13,2)7-16)4-5-15(10,3)18/h8-13,16-18H,4-7H2,1-3H3/t8-,9?,10+,11+,12-,13-,14+,15-/m1/s1. The van der Waals surface area contributed by atoms with E-state index in [4.69, 9.17) is 0 Å². The number of rotatable bonds is 1. The zero-order valence-corrected chi connectivity index (χ0v) is 11.6. The van der Waals surface area contributed by atoms with Gasteiger partial charge in [0.1, 0.15) is 0 Å². The lowest BCUT2D eigenvalue weighted by Gasteiger charge is -2.35. The molecule has 104 valence electrons. The van der Waals surface area contributed by atoms with Crippen molar-refractivity contribution in [3.63, 3.8) is 0 Å². The molecular weight excluding hydrogens is 228 g/mol. The van der Waals surface area contributed by atoms with Gasteiger partial charge in [0.25, 0.3) is 0 Å². The first-order chi connectivity index (χ1) is 8.33. The molecule has 3 N–H and O–H groups in total. The summed E-state index contributed by atoms with van der Waals surface area (Å²) in [5.74, 6) is 1.86. The van der Waals surface area contributed by atoms with Gasteiger partial charge in [-0.3, -0.25) is 0 Å². The van der Waals surface area contributed by atoms with Gasteiger partial charge in [0.05, 0.1) is 11.7 Å². The molecule has 3 rings (SSSR count). The van der Waals surface area contributed by atoms with Gasteiger partial charge in [-0.25, -0.2) is 0 Å². The van der Waals surface area contributed by atoms with Gasteiger partial charge in [-0.2, -0.15) is 0 Å². The smallest absolute Gasteiger partial charge is 0.0651 e. The molecule has 0 bridgehead atoms. The summed E-state index contributed by atoms with van der Waals surface area (Å²) in [6.45, 7) is 6.48. The Morgan fingerprint density at radius 3 is 2.50 bits per heavy atom. The Bertz CT molecular complexity index is 354. The lowest BCUT2D eigenvalue weighted by Crippen LogP contribution is -2.38. The first-order valence-electron chi connectivity index (χ1n) is 7.34. The lowest BCUT2D eigenvalue weighted by atomic mass is 9.74. The Morgan fingerprint density at radius 2 is 1.89 bits per heavy atom. The number of fused-ring (bicyclic) bond motifs is 3. The molecule has 0 spiro atoms. The molecule has 3 heteroatoms. The van der Waals surface area contributed by atoms with E-state index in [1.807, 2.05) is 6.92 Å². The molecule has 18 heavy (non-hydrogen) atoms. The topological polar surface area (TPSA) is 60.7 Å². The fraction of sp³-hybridized carbons (Fsp3) is 1.00. The minimum atomic E-state index is -0.639. The van der Waals surface area contributed by atoms with Crippen molar-refractivity contribution in [2.75, 3.05) is 6.61 Å². The van der Waals surface area contributed by atoms with Gasteiger partial charge in [-0.1, -0.05) is 13.8 Å². The van der Waals surface area contributed by atoms with Crippen LogP contribution < -0.4 is 0 Å². The Kier molecular flexibility index (Phi) is 2.66. The number of aliphatic hydroxyl groups excluding tert-OH is 2. The van der Waals surface area contributed by atoms with Crippen LogP contribution >= 0.6 is 0 Å². The van der Waals surface area contributed by atoms with Crippen LogP contribution in [0.25, 0.3) is 0 Å². The maximum Gasteiger partial charge on any atom is 0.0651 e. The second kappa shape index (κ2) is 3.71. The van der Waals surface area contributed by atoms with E-state index in [9.17, 15) is 15.3 Å². The molecular formula is C15H26O3. The highest BCUT2D eigenvalue weighted by atomic mass is 16.3. The summed E-state index contributed by atoms with van der Waals surface area (Å²) in [4.78, 5) is 0. The first-order valence-corrected chi connectivity index (χ1v) is 7.34. The maximum atomic E-state index is 10.7. The third-order valence-corrected chi connectivity index (χ3v) is 6.62. The van der Waals surface area contributed by atoms with Crippen LogP contribution in [0.3, 0.4) is 0 Å². The molecule has 3 aliphatic carbocycles. The van der Waals surface area contributed by atoms with Crippen LogP contribution in [0.4, 0.5) is 0 Å². The van der Waals surface area contributed by atoms with Crippen molar-refractivity contribution in [1.82, 2.24) is 0 Å². The highest BCUT2D eigenvalue weighted by molar-refractivity contribution is 5.17. The van der Waals surface area contributed by atoms with Crippen LogP contribution in [0.15, 0.2) is 0 Å². The average Bonchev–Trinajstić information content (AvgIpc) is 2.82. The van der Waals surface area contributed by atoms with Crippen molar-refractivity contribution in [3.05, 3.63) is 0 Å². The van der Waals surface area contributed by atoms with Crippen LogP contribution in [-0.4, -0.2) is 33.6 Å². The summed E-state index contributed by atoms with van der Waals surface area (Å²) in [7, 11) is 0. The molecule has 0 heterocycles. The number of aliphatic hydroxyl groups is 3. The second-order valence-electron chi connectivity index (χ2n) is 7.54. The SMILES string of the molecule is C[C@H]1[C@H]2[C@H]3C(CC[C@@](C)(O)[C@H]2C[C@@H]1O)[C@]3(C)CO. The van der Waals surface area contributed by atoms with Crippen LogP contribution in [0, 0.1) is 35.0 Å². The highest BCUT2D eigenvalue weighted by Crippen LogP contribution is 2.71. The molecule has 3 nitrogen and oxygen atoms in total. The minimum Gasteiger partial charge on any atom is -0.396 e. The van der Waals surface area contributed by atoms with Gasteiger partial charge in [0.2, 0.25) is 0 Å². The Balaban J connectivity index is 1.95. The predicted octanol–water partition coefficient (Wildman–Crippen LogP) is 1.41. The van der Waals surface area contributed by atoms with Crippen LogP contribution in [0.2, 0.25) is 0 Å². The molecule has 1 unspecified atom stereocenters. The largest absolute Gasteiger partial charge is 0.396 e. The molecule has 0 aromatic carbocycles. The average molecular weight is 254 g/mol. The van der Waals surface area contributed by atoms with Crippen LogP contribution in [0.5, 0.6) is 0 Å².